The Morgan fingerprint density at radius 2 is 2.14 bits per heavy atom. The van der Waals surface area contributed by atoms with E-state index in [1.54, 1.807) is 34.9 Å². The molecule has 2 aliphatic heterocycles. The molecular formula is C16H19N3O2S. The van der Waals surface area contributed by atoms with Crippen LogP contribution in [0.25, 0.3) is 10.8 Å². The number of benzene rings is 1. The van der Waals surface area contributed by atoms with Crippen molar-refractivity contribution in [3.8, 4) is 0 Å². The molecule has 1 aromatic carbocycles. The summed E-state index contributed by atoms with van der Waals surface area (Å²) in [5.74, 6) is 0.628. The van der Waals surface area contributed by atoms with Gasteiger partial charge in [-0.05, 0) is 37.4 Å². The first-order chi connectivity index (χ1) is 10.7. The van der Waals surface area contributed by atoms with Gasteiger partial charge in [-0.2, -0.15) is 4.31 Å². The third-order valence-electron chi connectivity index (χ3n) is 4.90. The SMILES string of the molecule is O=S(=O)(c1cccc2cnccc12)N1CCC2CCNC2C1. The first kappa shape index (κ1) is 14.1. The monoisotopic (exact) mass is 317 g/mol. The largest absolute Gasteiger partial charge is 0.312 e. The highest BCUT2D eigenvalue weighted by atomic mass is 32.2. The molecule has 0 spiro atoms. The molecule has 0 radical (unpaired) electrons. The Bertz CT molecular complexity index is 801. The van der Waals surface area contributed by atoms with Crippen LogP contribution in [-0.2, 0) is 10.0 Å². The Balaban J connectivity index is 1.73. The zero-order valence-corrected chi connectivity index (χ0v) is 13.1. The van der Waals surface area contributed by atoms with E-state index >= 15 is 0 Å². The first-order valence-electron chi connectivity index (χ1n) is 7.72. The van der Waals surface area contributed by atoms with E-state index < -0.39 is 10.0 Å². The van der Waals surface area contributed by atoms with Crippen LogP contribution in [0.4, 0.5) is 0 Å². The third-order valence-corrected chi connectivity index (χ3v) is 6.82. The summed E-state index contributed by atoms with van der Waals surface area (Å²) >= 11 is 0. The van der Waals surface area contributed by atoms with E-state index in [9.17, 15) is 8.42 Å². The van der Waals surface area contributed by atoms with E-state index in [-0.39, 0.29) is 0 Å². The Kier molecular flexibility index (Phi) is 3.40. The molecule has 4 rings (SSSR count). The van der Waals surface area contributed by atoms with Crippen molar-refractivity contribution >= 4 is 20.8 Å². The zero-order chi connectivity index (χ0) is 15.2. The number of fused-ring (bicyclic) bond motifs is 2. The van der Waals surface area contributed by atoms with E-state index in [0.29, 0.717) is 29.9 Å². The lowest BCUT2D eigenvalue weighted by atomic mass is 9.94. The molecule has 1 aromatic heterocycles. The van der Waals surface area contributed by atoms with Gasteiger partial charge in [0, 0.05) is 42.3 Å². The Morgan fingerprint density at radius 3 is 3.05 bits per heavy atom. The molecule has 2 unspecified atom stereocenters. The predicted molar refractivity (Wildman–Crippen MR) is 85.0 cm³/mol. The fourth-order valence-corrected chi connectivity index (χ4v) is 5.37. The molecule has 2 aliphatic rings. The highest BCUT2D eigenvalue weighted by molar-refractivity contribution is 7.89. The molecule has 0 amide bonds. The Labute approximate surface area is 130 Å². The van der Waals surface area contributed by atoms with Crippen LogP contribution in [0.15, 0.2) is 41.6 Å². The van der Waals surface area contributed by atoms with Crippen LogP contribution in [0.2, 0.25) is 0 Å². The fraction of sp³-hybridized carbons (Fsp3) is 0.438. The summed E-state index contributed by atoms with van der Waals surface area (Å²) in [6.45, 7) is 2.20. The van der Waals surface area contributed by atoms with Crippen molar-refractivity contribution in [2.75, 3.05) is 19.6 Å². The van der Waals surface area contributed by atoms with Gasteiger partial charge in [-0.25, -0.2) is 8.42 Å². The minimum atomic E-state index is -3.46. The summed E-state index contributed by atoms with van der Waals surface area (Å²) in [5.41, 5.74) is 0. The topological polar surface area (TPSA) is 62.3 Å². The van der Waals surface area contributed by atoms with Gasteiger partial charge in [0.05, 0.1) is 4.90 Å². The number of nitrogens with one attached hydrogen (secondary N) is 1. The summed E-state index contributed by atoms with van der Waals surface area (Å²) in [7, 11) is -3.46. The maximum Gasteiger partial charge on any atom is 0.243 e. The molecule has 5 nitrogen and oxygen atoms in total. The summed E-state index contributed by atoms with van der Waals surface area (Å²) in [6.07, 6.45) is 5.47. The van der Waals surface area contributed by atoms with Crippen LogP contribution in [0.5, 0.6) is 0 Å². The fourth-order valence-electron chi connectivity index (χ4n) is 3.68. The molecule has 3 heterocycles. The average Bonchev–Trinajstić information content (AvgIpc) is 3.02. The van der Waals surface area contributed by atoms with Gasteiger partial charge in [-0.3, -0.25) is 4.98 Å². The van der Waals surface area contributed by atoms with E-state index in [1.165, 1.54) is 6.42 Å². The number of rotatable bonds is 2. The summed E-state index contributed by atoms with van der Waals surface area (Å²) in [5, 5.41) is 5.04. The van der Waals surface area contributed by atoms with Crippen LogP contribution < -0.4 is 5.32 Å². The molecule has 2 fully saturated rings. The smallest absolute Gasteiger partial charge is 0.243 e. The lowest BCUT2D eigenvalue weighted by Gasteiger charge is -2.34. The van der Waals surface area contributed by atoms with E-state index in [4.69, 9.17) is 0 Å². The summed E-state index contributed by atoms with van der Waals surface area (Å²) in [6, 6.07) is 7.47. The number of sulfonamides is 1. The minimum Gasteiger partial charge on any atom is -0.312 e. The lowest BCUT2D eigenvalue weighted by molar-refractivity contribution is 0.249. The van der Waals surface area contributed by atoms with Crippen LogP contribution in [0.3, 0.4) is 0 Å². The van der Waals surface area contributed by atoms with Crippen molar-refractivity contribution in [3.63, 3.8) is 0 Å². The highest BCUT2D eigenvalue weighted by Gasteiger charge is 2.38. The average molecular weight is 317 g/mol. The normalized spacial score (nSPS) is 26.2. The second kappa shape index (κ2) is 5.30. The van der Waals surface area contributed by atoms with Crippen molar-refractivity contribution in [1.29, 1.82) is 0 Å². The van der Waals surface area contributed by atoms with E-state index in [2.05, 4.69) is 10.3 Å². The number of hydrogen-bond donors (Lipinski definition) is 1. The number of pyridine rings is 1. The second-order valence-electron chi connectivity index (χ2n) is 6.11. The van der Waals surface area contributed by atoms with Crippen LogP contribution in [-0.4, -0.2) is 43.4 Å². The van der Waals surface area contributed by atoms with Crippen molar-refractivity contribution in [3.05, 3.63) is 36.7 Å². The summed E-state index contributed by atoms with van der Waals surface area (Å²) < 4.78 is 27.8. The number of hydrogen-bond acceptors (Lipinski definition) is 4. The molecule has 116 valence electrons. The van der Waals surface area contributed by atoms with Crippen molar-refractivity contribution in [2.24, 2.45) is 5.92 Å². The summed E-state index contributed by atoms with van der Waals surface area (Å²) in [4.78, 5) is 4.47. The van der Waals surface area contributed by atoms with Crippen LogP contribution in [0.1, 0.15) is 12.8 Å². The maximum absolute atomic E-state index is 13.1. The molecule has 1 N–H and O–H groups in total. The van der Waals surface area contributed by atoms with Gasteiger partial charge in [0.1, 0.15) is 0 Å². The molecule has 2 aromatic rings. The Morgan fingerprint density at radius 1 is 1.23 bits per heavy atom. The first-order valence-corrected chi connectivity index (χ1v) is 9.16. The number of aromatic nitrogens is 1. The predicted octanol–water partition coefficient (Wildman–Crippen LogP) is 1.61. The van der Waals surface area contributed by atoms with Crippen molar-refractivity contribution in [2.45, 2.75) is 23.8 Å². The molecule has 2 saturated heterocycles. The molecule has 0 saturated carbocycles. The van der Waals surface area contributed by atoms with Gasteiger partial charge in [0.2, 0.25) is 10.0 Å². The van der Waals surface area contributed by atoms with Gasteiger partial charge in [-0.1, -0.05) is 12.1 Å². The molecule has 0 bridgehead atoms. The van der Waals surface area contributed by atoms with Gasteiger partial charge in [0.15, 0.2) is 0 Å². The molecule has 0 aliphatic carbocycles. The maximum atomic E-state index is 13.1. The van der Waals surface area contributed by atoms with Gasteiger partial charge < -0.3 is 5.32 Å². The Hall–Kier alpha value is -1.50. The van der Waals surface area contributed by atoms with E-state index in [0.717, 1.165) is 23.7 Å². The van der Waals surface area contributed by atoms with Gasteiger partial charge in [-0.15, -0.1) is 0 Å². The van der Waals surface area contributed by atoms with Crippen molar-refractivity contribution in [1.82, 2.24) is 14.6 Å². The van der Waals surface area contributed by atoms with Crippen molar-refractivity contribution < 1.29 is 8.42 Å². The van der Waals surface area contributed by atoms with Gasteiger partial charge >= 0.3 is 0 Å². The number of piperidine rings is 1. The minimum absolute atomic E-state index is 0.306. The molecule has 2 atom stereocenters. The highest BCUT2D eigenvalue weighted by Crippen LogP contribution is 2.31. The lowest BCUT2D eigenvalue weighted by Crippen LogP contribution is -2.48. The van der Waals surface area contributed by atoms with Gasteiger partial charge in [0.25, 0.3) is 0 Å². The zero-order valence-electron chi connectivity index (χ0n) is 12.3. The third kappa shape index (κ3) is 2.22. The number of nitrogens with zero attached hydrogens (tertiary/aromatic N) is 2. The van der Waals surface area contributed by atoms with E-state index in [1.807, 2.05) is 6.07 Å². The quantitative estimate of drug-likeness (QED) is 0.914. The standard InChI is InChI=1S/C16H19N3O2S/c20-22(21,19-9-6-12-4-8-18-15(12)11-19)16-3-1-2-13-10-17-7-5-14(13)16/h1-3,5,7,10,12,15,18H,4,6,8-9,11H2. The van der Waals surface area contributed by atoms with Crippen LogP contribution in [0, 0.1) is 5.92 Å². The molecule has 22 heavy (non-hydrogen) atoms. The second-order valence-corrected chi connectivity index (χ2v) is 8.02. The molecular weight excluding hydrogens is 298 g/mol. The molecule has 6 heteroatoms. The van der Waals surface area contributed by atoms with Crippen LogP contribution >= 0.6 is 0 Å².